The van der Waals surface area contributed by atoms with E-state index in [-0.39, 0.29) is 18.1 Å². The zero-order chi connectivity index (χ0) is 13.1. The van der Waals surface area contributed by atoms with Crippen LogP contribution in [0.5, 0.6) is 5.88 Å². The quantitative estimate of drug-likeness (QED) is 0.778. The van der Waals surface area contributed by atoms with E-state index in [0.29, 0.717) is 9.63 Å². The van der Waals surface area contributed by atoms with Crippen LogP contribution >= 0.6 is 27.5 Å². The predicted octanol–water partition coefficient (Wildman–Crippen LogP) is 4.35. The fourth-order valence-corrected chi connectivity index (χ4v) is 1.74. The summed E-state index contributed by atoms with van der Waals surface area (Å²) < 4.78 is 32.3. The number of nitrogens with zero attached hydrogens (tertiary/aromatic N) is 1. The van der Waals surface area contributed by atoms with Crippen molar-refractivity contribution in [3.05, 3.63) is 57.2 Å². The minimum absolute atomic E-state index is 0.122. The van der Waals surface area contributed by atoms with Crippen LogP contribution in [0.1, 0.15) is 5.56 Å². The van der Waals surface area contributed by atoms with Gasteiger partial charge in [-0.3, -0.25) is 0 Å². The molecule has 0 amide bonds. The van der Waals surface area contributed by atoms with Gasteiger partial charge in [0.05, 0.1) is 0 Å². The van der Waals surface area contributed by atoms with Crippen molar-refractivity contribution in [2.45, 2.75) is 6.61 Å². The molecule has 1 aromatic carbocycles. The summed E-state index contributed by atoms with van der Waals surface area (Å²) in [5, 5.41) is 0.294. The maximum atomic E-state index is 13.4. The highest BCUT2D eigenvalue weighted by molar-refractivity contribution is 9.10. The summed E-state index contributed by atoms with van der Waals surface area (Å²) in [7, 11) is 0. The molecule has 6 heteroatoms. The topological polar surface area (TPSA) is 22.1 Å². The summed E-state index contributed by atoms with van der Waals surface area (Å²) in [6.07, 6.45) is 0. The van der Waals surface area contributed by atoms with Crippen molar-refractivity contribution in [2.75, 3.05) is 0 Å². The van der Waals surface area contributed by atoms with Crippen LogP contribution in [-0.4, -0.2) is 4.98 Å². The van der Waals surface area contributed by atoms with Crippen LogP contribution in [0.25, 0.3) is 0 Å². The van der Waals surface area contributed by atoms with Crippen LogP contribution < -0.4 is 4.74 Å². The number of rotatable bonds is 3. The first kappa shape index (κ1) is 13.2. The molecule has 0 atom stereocenters. The van der Waals surface area contributed by atoms with Gasteiger partial charge in [-0.15, -0.1) is 0 Å². The Hall–Kier alpha value is -1.20. The van der Waals surface area contributed by atoms with Gasteiger partial charge >= 0.3 is 0 Å². The molecule has 0 aliphatic heterocycles. The lowest BCUT2D eigenvalue weighted by molar-refractivity contribution is 0.271. The molecule has 1 aromatic heterocycles. The zero-order valence-electron chi connectivity index (χ0n) is 8.96. The Bertz CT molecular complexity index is 580. The third-order valence-corrected chi connectivity index (χ3v) is 2.84. The summed E-state index contributed by atoms with van der Waals surface area (Å²) in [4.78, 5) is 3.81. The van der Waals surface area contributed by atoms with Crippen LogP contribution in [0.2, 0.25) is 5.02 Å². The lowest BCUT2D eigenvalue weighted by atomic mass is 10.2. The summed E-state index contributed by atoms with van der Waals surface area (Å²) in [5.41, 5.74) is 0.278. The molecule has 0 fully saturated rings. The molecule has 0 unspecified atom stereocenters. The van der Waals surface area contributed by atoms with Gasteiger partial charge in [0, 0.05) is 10.6 Å². The van der Waals surface area contributed by atoms with Crippen molar-refractivity contribution >= 4 is 27.5 Å². The highest BCUT2D eigenvalue weighted by Gasteiger charge is 2.08. The van der Waals surface area contributed by atoms with Gasteiger partial charge in [-0.05, 0) is 40.2 Å². The summed E-state index contributed by atoms with van der Waals surface area (Å²) in [6, 6.07) is 6.85. The van der Waals surface area contributed by atoms with E-state index in [9.17, 15) is 8.78 Å². The molecule has 18 heavy (non-hydrogen) atoms. The molecule has 2 rings (SSSR count). The number of hydrogen-bond donors (Lipinski definition) is 0. The van der Waals surface area contributed by atoms with Crippen LogP contribution in [0.15, 0.2) is 34.9 Å². The number of aromatic nitrogens is 1. The number of hydrogen-bond acceptors (Lipinski definition) is 2. The highest BCUT2D eigenvalue weighted by Crippen LogP contribution is 2.20. The van der Waals surface area contributed by atoms with Gasteiger partial charge in [0.25, 0.3) is 5.88 Å². The van der Waals surface area contributed by atoms with Gasteiger partial charge in [-0.25, -0.2) is 13.8 Å². The van der Waals surface area contributed by atoms with E-state index in [1.165, 1.54) is 30.3 Å². The third kappa shape index (κ3) is 3.17. The molecule has 0 spiro atoms. The molecule has 0 aliphatic carbocycles. The van der Waals surface area contributed by atoms with E-state index in [4.69, 9.17) is 16.3 Å². The van der Waals surface area contributed by atoms with Crippen LogP contribution in [-0.2, 0) is 6.61 Å². The average molecular weight is 335 g/mol. The normalized spacial score (nSPS) is 10.4. The Morgan fingerprint density at radius 2 is 1.94 bits per heavy atom. The van der Waals surface area contributed by atoms with E-state index >= 15 is 0 Å². The summed E-state index contributed by atoms with van der Waals surface area (Å²) >= 11 is 8.72. The first-order valence-corrected chi connectivity index (χ1v) is 6.12. The molecule has 1 heterocycles. The molecule has 94 valence electrons. The molecular formula is C12H7BrClF2NO. The zero-order valence-corrected chi connectivity index (χ0v) is 11.3. The van der Waals surface area contributed by atoms with E-state index in [1.807, 2.05) is 0 Å². The second-order valence-corrected chi connectivity index (χ2v) is 4.69. The maximum Gasteiger partial charge on any atom is 0.251 e. The van der Waals surface area contributed by atoms with Gasteiger partial charge in [0.2, 0.25) is 0 Å². The molecule has 2 nitrogen and oxygen atoms in total. The SMILES string of the molecule is Fc1cc(Cl)ccc1COc1nc(Br)ccc1F. The van der Waals surface area contributed by atoms with Crippen molar-refractivity contribution in [2.24, 2.45) is 0 Å². The standard InChI is InChI=1S/C12H7BrClF2NO/c13-11-4-3-9(15)12(17-11)18-6-7-1-2-8(14)5-10(7)16/h1-5H,6H2. The number of halogens is 4. The fraction of sp³-hybridized carbons (Fsp3) is 0.0833. The number of pyridine rings is 1. The minimum atomic E-state index is -0.604. The van der Waals surface area contributed by atoms with Crippen LogP contribution in [0.3, 0.4) is 0 Å². The molecule has 0 N–H and O–H groups in total. The smallest absolute Gasteiger partial charge is 0.251 e. The highest BCUT2D eigenvalue weighted by atomic mass is 79.9. The van der Waals surface area contributed by atoms with Gasteiger partial charge in [0.1, 0.15) is 17.0 Å². The van der Waals surface area contributed by atoms with Crippen molar-refractivity contribution < 1.29 is 13.5 Å². The molecule has 0 saturated heterocycles. The lowest BCUT2D eigenvalue weighted by Gasteiger charge is -2.07. The molecule has 0 aliphatic rings. The molecule has 2 aromatic rings. The lowest BCUT2D eigenvalue weighted by Crippen LogP contribution is -2.01. The van der Waals surface area contributed by atoms with E-state index in [1.54, 1.807) is 0 Å². The summed E-state index contributed by atoms with van der Waals surface area (Å²) in [6.45, 7) is -0.122. The van der Waals surface area contributed by atoms with Crippen molar-refractivity contribution in [3.63, 3.8) is 0 Å². The Morgan fingerprint density at radius 3 is 2.67 bits per heavy atom. The number of ether oxygens (including phenoxy) is 1. The Morgan fingerprint density at radius 1 is 1.17 bits per heavy atom. The van der Waals surface area contributed by atoms with Gasteiger partial charge in [-0.2, -0.15) is 0 Å². The fourth-order valence-electron chi connectivity index (χ4n) is 1.29. The molecular weight excluding hydrogens is 327 g/mol. The Balaban J connectivity index is 2.13. The second kappa shape index (κ2) is 5.63. The third-order valence-electron chi connectivity index (χ3n) is 2.16. The Labute approximate surface area is 116 Å². The first-order valence-electron chi connectivity index (χ1n) is 4.95. The molecule has 0 radical (unpaired) electrons. The largest absolute Gasteiger partial charge is 0.471 e. The van der Waals surface area contributed by atoms with Crippen molar-refractivity contribution in [1.82, 2.24) is 4.98 Å². The maximum absolute atomic E-state index is 13.4. The Kier molecular flexibility index (Phi) is 4.14. The van der Waals surface area contributed by atoms with Gasteiger partial charge in [-0.1, -0.05) is 17.7 Å². The monoisotopic (exact) mass is 333 g/mol. The van der Waals surface area contributed by atoms with E-state index in [2.05, 4.69) is 20.9 Å². The van der Waals surface area contributed by atoms with Crippen molar-refractivity contribution in [1.29, 1.82) is 0 Å². The van der Waals surface area contributed by atoms with Gasteiger partial charge < -0.3 is 4.74 Å². The van der Waals surface area contributed by atoms with Crippen LogP contribution in [0.4, 0.5) is 8.78 Å². The minimum Gasteiger partial charge on any atom is -0.471 e. The predicted molar refractivity (Wildman–Crippen MR) is 67.6 cm³/mol. The number of benzene rings is 1. The first-order chi connectivity index (χ1) is 8.56. The van der Waals surface area contributed by atoms with Crippen LogP contribution in [0, 0.1) is 11.6 Å². The van der Waals surface area contributed by atoms with E-state index in [0.717, 1.165) is 0 Å². The second-order valence-electron chi connectivity index (χ2n) is 3.45. The van der Waals surface area contributed by atoms with Gasteiger partial charge in [0.15, 0.2) is 5.82 Å². The summed E-state index contributed by atoms with van der Waals surface area (Å²) in [5.74, 6) is -1.29. The van der Waals surface area contributed by atoms with Crippen molar-refractivity contribution in [3.8, 4) is 5.88 Å². The van der Waals surface area contributed by atoms with E-state index < -0.39 is 11.6 Å². The molecule has 0 saturated carbocycles. The molecule has 0 bridgehead atoms. The average Bonchev–Trinajstić information content (AvgIpc) is 2.32.